The summed E-state index contributed by atoms with van der Waals surface area (Å²) in [6.45, 7) is 5.46. The summed E-state index contributed by atoms with van der Waals surface area (Å²) in [7, 11) is 0. The highest BCUT2D eigenvalue weighted by Crippen LogP contribution is 2.21. The van der Waals surface area contributed by atoms with E-state index in [1.54, 1.807) is 11.8 Å². The Kier molecular flexibility index (Phi) is 5.76. The number of hydrogen-bond acceptors (Lipinski definition) is 4. The maximum atomic E-state index is 12.5. The molecule has 2 fully saturated rings. The van der Waals surface area contributed by atoms with Crippen LogP contribution in [0.25, 0.3) is 0 Å². The number of nitrogens with zero attached hydrogens (tertiary/aromatic N) is 2. The van der Waals surface area contributed by atoms with Crippen molar-refractivity contribution in [2.45, 2.75) is 23.8 Å². The van der Waals surface area contributed by atoms with Gasteiger partial charge in [0.2, 0.25) is 5.91 Å². The molecule has 2 heterocycles. The van der Waals surface area contributed by atoms with Gasteiger partial charge in [0.05, 0.1) is 19.0 Å². The molecule has 0 N–H and O–H groups in total. The fourth-order valence-electron chi connectivity index (χ4n) is 3.18. The fourth-order valence-corrected chi connectivity index (χ4v) is 4.00. The monoisotopic (exact) mass is 320 g/mol. The molecule has 0 spiro atoms. The second kappa shape index (κ2) is 7.99. The van der Waals surface area contributed by atoms with E-state index >= 15 is 0 Å². The first kappa shape index (κ1) is 15.8. The number of amides is 1. The number of likely N-dealkylation sites (tertiary alicyclic amines) is 1. The van der Waals surface area contributed by atoms with E-state index in [0.29, 0.717) is 11.8 Å². The van der Waals surface area contributed by atoms with E-state index in [-0.39, 0.29) is 5.91 Å². The van der Waals surface area contributed by atoms with E-state index in [9.17, 15) is 4.79 Å². The summed E-state index contributed by atoms with van der Waals surface area (Å²) in [4.78, 5) is 18.2. The van der Waals surface area contributed by atoms with Crippen LogP contribution in [0.1, 0.15) is 12.8 Å². The molecule has 1 amide bonds. The third kappa shape index (κ3) is 4.24. The maximum absolute atomic E-state index is 12.5. The van der Waals surface area contributed by atoms with Crippen molar-refractivity contribution in [2.24, 2.45) is 0 Å². The number of benzene rings is 1. The third-order valence-corrected chi connectivity index (χ3v) is 5.41. The van der Waals surface area contributed by atoms with Gasteiger partial charge >= 0.3 is 0 Å². The molecule has 120 valence electrons. The van der Waals surface area contributed by atoms with Crippen LogP contribution in [0.3, 0.4) is 0 Å². The highest BCUT2D eigenvalue weighted by molar-refractivity contribution is 8.00. The minimum atomic E-state index is 0.270. The average molecular weight is 320 g/mol. The Hall–Kier alpha value is -1.04. The lowest BCUT2D eigenvalue weighted by Gasteiger charge is -2.40. The number of thioether (sulfide) groups is 1. The molecule has 2 aliphatic rings. The SMILES string of the molecule is O=C(CSc1ccccc1)N1CCC[C@H](N2CCOCC2)C1. The van der Waals surface area contributed by atoms with Crippen LogP contribution in [0, 0.1) is 0 Å². The van der Waals surface area contributed by atoms with Crippen LogP contribution in [0.2, 0.25) is 0 Å². The van der Waals surface area contributed by atoms with E-state index in [1.165, 1.54) is 6.42 Å². The van der Waals surface area contributed by atoms with Gasteiger partial charge in [-0.2, -0.15) is 0 Å². The summed E-state index contributed by atoms with van der Waals surface area (Å²) in [6.07, 6.45) is 2.32. The Morgan fingerprint density at radius 3 is 2.73 bits per heavy atom. The smallest absolute Gasteiger partial charge is 0.232 e. The van der Waals surface area contributed by atoms with Crippen molar-refractivity contribution in [3.8, 4) is 0 Å². The molecular formula is C17H24N2O2S. The molecule has 22 heavy (non-hydrogen) atoms. The normalized spacial score (nSPS) is 23.5. The topological polar surface area (TPSA) is 32.8 Å². The zero-order chi connectivity index (χ0) is 15.2. The van der Waals surface area contributed by atoms with Gasteiger partial charge in [-0.15, -0.1) is 11.8 Å². The quantitative estimate of drug-likeness (QED) is 0.796. The molecule has 0 bridgehead atoms. The van der Waals surface area contributed by atoms with Gasteiger partial charge in [-0.3, -0.25) is 9.69 Å². The van der Waals surface area contributed by atoms with Gasteiger partial charge in [0.15, 0.2) is 0 Å². The van der Waals surface area contributed by atoms with Gasteiger partial charge in [0, 0.05) is 37.1 Å². The second-order valence-electron chi connectivity index (χ2n) is 5.89. The number of morpholine rings is 1. The van der Waals surface area contributed by atoms with Crippen LogP contribution >= 0.6 is 11.8 Å². The fraction of sp³-hybridized carbons (Fsp3) is 0.588. The van der Waals surface area contributed by atoms with Crippen molar-refractivity contribution in [2.75, 3.05) is 45.1 Å². The number of rotatable bonds is 4. The molecule has 0 saturated carbocycles. The number of carbonyl (C=O) groups excluding carboxylic acids is 1. The van der Waals surface area contributed by atoms with Gasteiger partial charge in [0.1, 0.15) is 0 Å². The van der Waals surface area contributed by atoms with E-state index in [2.05, 4.69) is 21.9 Å². The lowest BCUT2D eigenvalue weighted by molar-refractivity contribution is -0.130. The Bertz CT molecular complexity index is 477. The van der Waals surface area contributed by atoms with Crippen LogP contribution in [-0.4, -0.2) is 66.9 Å². The third-order valence-electron chi connectivity index (χ3n) is 4.42. The Morgan fingerprint density at radius 1 is 1.18 bits per heavy atom. The molecule has 0 unspecified atom stereocenters. The standard InChI is InChI=1S/C17H24N2O2S/c20-17(14-22-16-6-2-1-3-7-16)19-8-4-5-15(13-19)18-9-11-21-12-10-18/h1-3,6-7,15H,4-5,8-14H2/t15-/m0/s1. The number of hydrogen-bond donors (Lipinski definition) is 0. The molecule has 1 atom stereocenters. The summed E-state index contributed by atoms with van der Waals surface area (Å²) < 4.78 is 5.43. The van der Waals surface area contributed by atoms with Crippen molar-refractivity contribution in [3.63, 3.8) is 0 Å². The van der Waals surface area contributed by atoms with Crippen LogP contribution < -0.4 is 0 Å². The predicted molar refractivity (Wildman–Crippen MR) is 89.2 cm³/mol. The van der Waals surface area contributed by atoms with E-state index < -0.39 is 0 Å². The maximum Gasteiger partial charge on any atom is 0.232 e. The van der Waals surface area contributed by atoms with Gasteiger partial charge in [0.25, 0.3) is 0 Å². The van der Waals surface area contributed by atoms with Crippen molar-refractivity contribution in [1.29, 1.82) is 0 Å². The second-order valence-corrected chi connectivity index (χ2v) is 6.93. The van der Waals surface area contributed by atoms with Gasteiger partial charge in [-0.05, 0) is 25.0 Å². The minimum absolute atomic E-state index is 0.270. The number of carbonyl (C=O) groups is 1. The Morgan fingerprint density at radius 2 is 1.95 bits per heavy atom. The largest absolute Gasteiger partial charge is 0.379 e. The summed E-state index contributed by atoms with van der Waals surface area (Å²) in [5.41, 5.74) is 0. The lowest BCUT2D eigenvalue weighted by atomic mass is 10.0. The minimum Gasteiger partial charge on any atom is -0.379 e. The molecule has 0 radical (unpaired) electrons. The summed E-state index contributed by atoms with van der Waals surface area (Å²) >= 11 is 1.63. The van der Waals surface area contributed by atoms with E-state index in [0.717, 1.165) is 50.7 Å². The lowest BCUT2D eigenvalue weighted by Crippen LogP contribution is -2.53. The van der Waals surface area contributed by atoms with E-state index in [1.807, 2.05) is 18.2 Å². The van der Waals surface area contributed by atoms with Crippen LogP contribution in [0.4, 0.5) is 0 Å². The van der Waals surface area contributed by atoms with Gasteiger partial charge in [-0.25, -0.2) is 0 Å². The van der Waals surface area contributed by atoms with Crippen molar-refractivity contribution >= 4 is 17.7 Å². The molecule has 3 rings (SSSR count). The molecule has 0 aliphatic carbocycles. The van der Waals surface area contributed by atoms with Gasteiger partial charge in [-0.1, -0.05) is 18.2 Å². The molecule has 4 nitrogen and oxygen atoms in total. The highest BCUT2D eigenvalue weighted by Gasteiger charge is 2.28. The number of ether oxygens (including phenoxy) is 1. The summed E-state index contributed by atoms with van der Waals surface area (Å²) in [6, 6.07) is 10.7. The molecule has 2 saturated heterocycles. The Labute approximate surface area is 136 Å². The highest BCUT2D eigenvalue weighted by atomic mass is 32.2. The van der Waals surface area contributed by atoms with Crippen molar-refractivity contribution in [1.82, 2.24) is 9.80 Å². The summed E-state index contributed by atoms with van der Waals surface area (Å²) in [5, 5.41) is 0. The van der Waals surface area contributed by atoms with Crippen LogP contribution in [-0.2, 0) is 9.53 Å². The van der Waals surface area contributed by atoms with Crippen molar-refractivity contribution in [3.05, 3.63) is 30.3 Å². The Balaban J connectivity index is 1.49. The molecule has 5 heteroatoms. The molecule has 2 aliphatic heterocycles. The molecular weight excluding hydrogens is 296 g/mol. The molecule has 1 aromatic carbocycles. The first-order valence-electron chi connectivity index (χ1n) is 8.10. The van der Waals surface area contributed by atoms with E-state index in [4.69, 9.17) is 4.74 Å². The summed E-state index contributed by atoms with van der Waals surface area (Å²) in [5.74, 6) is 0.812. The zero-order valence-electron chi connectivity index (χ0n) is 12.9. The van der Waals surface area contributed by atoms with Crippen LogP contribution in [0.5, 0.6) is 0 Å². The zero-order valence-corrected chi connectivity index (χ0v) is 13.8. The molecule has 1 aromatic rings. The first-order valence-corrected chi connectivity index (χ1v) is 9.09. The molecule has 0 aromatic heterocycles. The average Bonchev–Trinajstić information content (AvgIpc) is 2.61. The first-order chi connectivity index (χ1) is 10.8. The predicted octanol–water partition coefficient (Wildman–Crippen LogP) is 2.10. The van der Waals surface area contributed by atoms with Gasteiger partial charge < -0.3 is 9.64 Å². The number of piperidine rings is 1. The van der Waals surface area contributed by atoms with Crippen LogP contribution in [0.15, 0.2) is 35.2 Å². The van der Waals surface area contributed by atoms with Crippen molar-refractivity contribution < 1.29 is 9.53 Å².